The number of halogens is 3. The van der Waals surface area contributed by atoms with Crippen molar-refractivity contribution in [2.24, 2.45) is 0 Å². The van der Waals surface area contributed by atoms with Gasteiger partial charge in [0, 0.05) is 42.1 Å². The Kier molecular flexibility index (Phi) is 5.41. The molecular formula is C25H22ClF2N5O2. The van der Waals surface area contributed by atoms with Crippen LogP contribution in [0.2, 0.25) is 5.02 Å². The molecule has 2 fully saturated rings. The lowest BCUT2D eigenvalue weighted by molar-refractivity contribution is 0.00454. The van der Waals surface area contributed by atoms with Crippen LogP contribution in [0, 0.1) is 18.6 Å². The normalized spacial score (nSPS) is 20.5. The van der Waals surface area contributed by atoms with E-state index in [0.29, 0.717) is 36.9 Å². The van der Waals surface area contributed by atoms with Gasteiger partial charge in [0.05, 0.1) is 29.7 Å². The van der Waals surface area contributed by atoms with Crippen LogP contribution >= 0.6 is 11.6 Å². The third kappa shape index (κ3) is 4.02. The molecule has 4 heterocycles. The van der Waals surface area contributed by atoms with E-state index in [2.05, 4.69) is 10.1 Å². The van der Waals surface area contributed by atoms with E-state index in [-0.39, 0.29) is 33.9 Å². The molecule has 0 bridgehead atoms. The van der Waals surface area contributed by atoms with Crippen molar-refractivity contribution >= 4 is 17.2 Å². The molecule has 7 nitrogen and oxygen atoms in total. The molecule has 1 aliphatic heterocycles. The molecule has 1 aliphatic carbocycles. The van der Waals surface area contributed by atoms with E-state index in [9.17, 15) is 13.6 Å². The van der Waals surface area contributed by atoms with E-state index >= 15 is 0 Å². The minimum absolute atomic E-state index is 0.0116. The van der Waals surface area contributed by atoms with E-state index in [1.165, 1.54) is 10.5 Å². The Morgan fingerprint density at radius 2 is 1.97 bits per heavy atom. The Morgan fingerprint density at radius 3 is 2.74 bits per heavy atom. The summed E-state index contributed by atoms with van der Waals surface area (Å²) in [5.41, 5.74) is 1.85. The number of hydrogen-bond acceptors (Lipinski definition) is 5. The van der Waals surface area contributed by atoms with Crippen LogP contribution in [0.15, 0.2) is 41.6 Å². The fourth-order valence-corrected chi connectivity index (χ4v) is 4.79. The molecule has 0 unspecified atom stereocenters. The quantitative estimate of drug-likeness (QED) is 0.389. The van der Waals surface area contributed by atoms with Gasteiger partial charge < -0.3 is 4.74 Å². The summed E-state index contributed by atoms with van der Waals surface area (Å²) in [6.07, 6.45) is 8.93. The first-order valence-electron chi connectivity index (χ1n) is 11.6. The molecule has 0 amide bonds. The number of fused-ring (bicyclic) bond motifs is 1. The Morgan fingerprint density at radius 1 is 1.14 bits per heavy atom. The maximum absolute atomic E-state index is 14.8. The molecule has 180 valence electrons. The molecule has 35 heavy (non-hydrogen) atoms. The van der Waals surface area contributed by atoms with Crippen LogP contribution in [0.5, 0.6) is 0 Å². The summed E-state index contributed by atoms with van der Waals surface area (Å²) in [5, 5.41) is 4.46. The summed E-state index contributed by atoms with van der Waals surface area (Å²) in [5.74, 6) is -1.54. The van der Waals surface area contributed by atoms with Crippen molar-refractivity contribution < 1.29 is 13.5 Å². The van der Waals surface area contributed by atoms with Crippen LogP contribution in [0.4, 0.5) is 8.78 Å². The second-order valence-electron chi connectivity index (χ2n) is 9.21. The highest BCUT2D eigenvalue weighted by atomic mass is 35.5. The number of nitrogens with zero attached hydrogens (tertiary/aromatic N) is 5. The van der Waals surface area contributed by atoms with E-state index < -0.39 is 17.2 Å². The smallest absolute Gasteiger partial charge is 0.277 e. The second kappa shape index (κ2) is 8.49. The summed E-state index contributed by atoms with van der Waals surface area (Å²) in [4.78, 5) is 22.2. The van der Waals surface area contributed by atoms with Gasteiger partial charge in [0.2, 0.25) is 0 Å². The van der Waals surface area contributed by atoms with E-state index in [4.69, 9.17) is 21.3 Å². The lowest BCUT2D eigenvalue weighted by Crippen LogP contribution is -2.23. The van der Waals surface area contributed by atoms with Crippen molar-refractivity contribution in [3.05, 3.63) is 80.8 Å². The molecule has 10 heteroatoms. The molecule has 6 rings (SSSR count). The molecular weight excluding hydrogens is 476 g/mol. The number of aryl methyl sites for hydroxylation is 1. The van der Waals surface area contributed by atoms with Crippen molar-refractivity contribution in [3.8, 4) is 11.3 Å². The number of hydrogen-bond donors (Lipinski definition) is 0. The molecule has 0 N–H and O–H groups in total. The SMILES string of the molecule is Cc1nc2c(-c3ccc(F)cc3F)nc([C@H]3CCO[C@@H](c4cnn(C5CC5)c4)C3)cn2c(=O)c1Cl. The van der Waals surface area contributed by atoms with Crippen LogP contribution in [0.1, 0.15) is 60.7 Å². The summed E-state index contributed by atoms with van der Waals surface area (Å²) >= 11 is 6.21. The maximum atomic E-state index is 14.8. The number of ether oxygens (including phenoxy) is 1. The van der Waals surface area contributed by atoms with Gasteiger partial charge in [-0.05, 0) is 44.7 Å². The zero-order valence-corrected chi connectivity index (χ0v) is 19.7. The second-order valence-corrected chi connectivity index (χ2v) is 9.59. The minimum Gasteiger partial charge on any atom is -0.373 e. The molecule has 1 saturated heterocycles. The van der Waals surface area contributed by atoms with Gasteiger partial charge in [-0.1, -0.05) is 11.6 Å². The van der Waals surface area contributed by atoms with Gasteiger partial charge in [0.25, 0.3) is 5.56 Å². The van der Waals surface area contributed by atoms with Crippen LogP contribution in [0.3, 0.4) is 0 Å². The van der Waals surface area contributed by atoms with E-state index in [1.54, 1.807) is 13.1 Å². The van der Waals surface area contributed by atoms with Crippen LogP contribution in [-0.2, 0) is 4.74 Å². The highest BCUT2D eigenvalue weighted by Gasteiger charge is 2.30. The fraction of sp³-hybridized carbons (Fsp3) is 0.360. The first kappa shape index (κ1) is 22.3. The van der Waals surface area contributed by atoms with Gasteiger partial charge in [-0.25, -0.2) is 18.7 Å². The van der Waals surface area contributed by atoms with Crippen molar-refractivity contribution in [3.63, 3.8) is 0 Å². The average molecular weight is 498 g/mol. The van der Waals surface area contributed by atoms with Crippen LogP contribution in [-0.4, -0.2) is 30.8 Å². The zero-order chi connectivity index (χ0) is 24.3. The van der Waals surface area contributed by atoms with Gasteiger partial charge >= 0.3 is 0 Å². The molecule has 1 saturated carbocycles. The monoisotopic (exact) mass is 497 g/mol. The third-order valence-corrected chi connectivity index (χ3v) is 7.18. The Bertz CT molecular complexity index is 1510. The van der Waals surface area contributed by atoms with Crippen LogP contribution in [0.25, 0.3) is 16.9 Å². The van der Waals surface area contributed by atoms with E-state index in [0.717, 1.165) is 30.5 Å². The van der Waals surface area contributed by atoms with E-state index in [1.807, 2.05) is 17.1 Å². The summed E-state index contributed by atoms with van der Waals surface area (Å²) in [6.45, 7) is 2.11. The van der Waals surface area contributed by atoms with Crippen molar-refractivity contribution in [1.29, 1.82) is 0 Å². The predicted molar refractivity (Wildman–Crippen MR) is 126 cm³/mol. The highest BCUT2D eigenvalue weighted by molar-refractivity contribution is 6.31. The van der Waals surface area contributed by atoms with Gasteiger partial charge in [0.1, 0.15) is 22.4 Å². The minimum atomic E-state index is -0.782. The van der Waals surface area contributed by atoms with Crippen LogP contribution < -0.4 is 5.56 Å². The molecule has 0 radical (unpaired) electrons. The molecule has 2 atom stereocenters. The highest BCUT2D eigenvalue weighted by Crippen LogP contribution is 2.40. The standard InChI is InChI=1S/C25H22ClF2N5O2/c1-13-22(26)25(34)32-12-20(31-23(24(32)30-13)18-5-2-16(27)9-19(18)28)14-6-7-35-21(8-14)15-10-29-33(11-15)17-3-4-17/h2,5,9-12,14,17,21H,3-4,6-8H2,1H3/t14-,21+/m0/s1. The average Bonchev–Trinajstić information content (AvgIpc) is 3.59. The summed E-state index contributed by atoms with van der Waals surface area (Å²) in [7, 11) is 0. The number of benzene rings is 1. The molecule has 0 spiro atoms. The Hall–Kier alpha value is -3.17. The molecule has 1 aromatic carbocycles. The van der Waals surface area contributed by atoms with Gasteiger partial charge in [-0.3, -0.25) is 13.9 Å². The topological polar surface area (TPSA) is 74.3 Å². The van der Waals surface area contributed by atoms with Crippen molar-refractivity contribution in [2.75, 3.05) is 6.61 Å². The largest absolute Gasteiger partial charge is 0.373 e. The summed E-state index contributed by atoms with van der Waals surface area (Å²) in [6, 6.07) is 3.74. The van der Waals surface area contributed by atoms with Gasteiger partial charge in [-0.2, -0.15) is 5.10 Å². The van der Waals surface area contributed by atoms with Gasteiger partial charge in [-0.15, -0.1) is 0 Å². The lowest BCUT2D eigenvalue weighted by atomic mass is 9.90. The fourth-order valence-electron chi connectivity index (χ4n) is 4.66. The summed E-state index contributed by atoms with van der Waals surface area (Å²) < 4.78 is 37.8. The predicted octanol–water partition coefficient (Wildman–Crippen LogP) is 5.16. The Balaban J connectivity index is 1.45. The third-order valence-electron chi connectivity index (χ3n) is 6.74. The molecule has 3 aromatic heterocycles. The first-order valence-corrected chi connectivity index (χ1v) is 12.0. The number of rotatable bonds is 4. The lowest BCUT2D eigenvalue weighted by Gasteiger charge is -2.29. The van der Waals surface area contributed by atoms with Gasteiger partial charge in [0.15, 0.2) is 5.65 Å². The number of aromatic nitrogens is 5. The van der Waals surface area contributed by atoms with Crippen molar-refractivity contribution in [1.82, 2.24) is 24.1 Å². The molecule has 2 aliphatic rings. The Labute approximate surface area is 204 Å². The van der Waals surface area contributed by atoms with Crippen molar-refractivity contribution in [2.45, 2.75) is 50.7 Å². The zero-order valence-electron chi connectivity index (χ0n) is 18.9. The maximum Gasteiger partial charge on any atom is 0.277 e. The molecule has 4 aromatic rings. The first-order chi connectivity index (χ1) is 16.9.